The molecule has 2 heterocycles. The number of benzene rings is 2. The van der Waals surface area contributed by atoms with Crippen molar-refractivity contribution in [2.75, 3.05) is 26.2 Å². The molecule has 4 rings (SSSR count). The maximum Gasteiger partial charge on any atom is 0.261 e. The van der Waals surface area contributed by atoms with Crippen LogP contribution in [0.3, 0.4) is 0 Å². The molecule has 8 heteroatoms. The third kappa shape index (κ3) is 4.40. The van der Waals surface area contributed by atoms with Crippen molar-refractivity contribution in [2.24, 2.45) is 0 Å². The zero-order chi connectivity index (χ0) is 22.8. The second-order valence-electron chi connectivity index (χ2n) is 8.26. The van der Waals surface area contributed by atoms with Crippen LogP contribution in [0.25, 0.3) is 0 Å². The van der Waals surface area contributed by atoms with Gasteiger partial charge in [0.05, 0.1) is 17.2 Å². The summed E-state index contributed by atoms with van der Waals surface area (Å²) in [4.78, 5) is 40.9. The molecule has 0 saturated carbocycles. The summed E-state index contributed by atoms with van der Waals surface area (Å²) >= 11 is 6.29. The molecule has 0 bridgehead atoms. The number of carbonyl (C=O) groups excluding carboxylic acids is 3. The summed E-state index contributed by atoms with van der Waals surface area (Å²) in [6.07, 6.45) is 1.99. The first kappa shape index (κ1) is 22.4. The molecular weight excluding hydrogens is 433 g/mol. The van der Waals surface area contributed by atoms with Crippen LogP contribution in [0.5, 0.6) is 0 Å². The third-order valence-electron chi connectivity index (χ3n) is 6.10. The van der Waals surface area contributed by atoms with Crippen LogP contribution in [0.2, 0.25) is 5.02 Å². The van der Waals surface area contributed by atoms with E-state index in [1.807, 2.05) is 6.92 Å². The minimum Gasteiger partial charge on any atom is -0.354 e. The molecule has 32 heavy (non-hydrogen) atoms. The lowest BCUT2D eigenvalue weighted by Crippen LogP contribution is -2.39. The molecule has 168 valence electrons. The summed E-state index contributed by atoms with van der Waals surface area (Å²) in [6.45, 7) is 3.65. The van der Waals surface area contributed by atoms with Crippen molar-refractivity contribution in [2.45, 2.75) is 32.2 Å². The van der Waals surface area contributed by atoms with Gasteiger partial charge in [0.25, 0.3) is 11.8 Å². The number of amides is 3. The molecule has 1 atom stereocenters. The quantitative estimate of drug-likeness (QED) is 0.643. The molecule has 6 nitrogen and oxygen atoms in total. The highest BCUT2D eigenvalue weighted by atomic mass is 35.5. The van der Waals surface area contributed by atoms with Crippen molar-refractivity contribution in [3.05, 3.63) is 69.5 Å². The second-order valence-corrected chi connectivity index (χ2v) is 8.67. The Labute approximate surface area is 191 Å². The number of nitrogens with one attached hydrogen (secondary N) is 1. The van der Waals surface area contributed by atoms with Crippen LogP contribution in [-0.4, -0.2) is 53.7 Å². The lowest BCUT2D eigenvalue weighted by Gasteiger charge is -2.29. The summed E-state index contributed by atoms with van der Waals surface area (Å²) < 4.78 is 14.6. The molecule has 2 aliphatic rings. The molecule has 2 aromatic rings. The standard InChI is InChI=1S/C24H25ClFN3O3/c1-15-7-8-16-17(13-15)24(32)29(23(16)31)12-9-21(30)27-14-20(28-10-2-3-11-28)22-18(25)5-4-6-19(22)26/h4-8,13,20H,2-3,9-12,14H2,1H3,(H,27,30). The van der Waals surface area contributed by atoms with Gasteiger partial charge < -0.3 is 5.32 Å². The van der Waals surface area contributed by atoms with E-state index in [1.54, 1.807) is 30.3 Å². The Bertz CT molecular complexity index is 1050. The maximum absolute atomic E-state index is 14.6. The molecule has 3 amide bonds. The fraction of sp³-hybridized carbons (Fsp3) is 0.375. The van der Waals surface area contributed by atoms with E-state index in [1.165, 1.54) is 6.07 Å². The van der Waals surface area contributed by atoms with Gasteiger partial charge in [0.15, 0.2) is 0 Å². The maximum atomic E-state index is 14.6. The Kier molecular flexibility index (Phi) is 6.58. The Morgan fingerprint density at radius 1 is 1.12 bits per heavy atom. The van der Waals surface area contributed by atoms with E-state index < -0.39 is 5.82 Å². The summed E-state index contributed by atoms with van der Waals surface area (Å²) in [5.74, 6) is -1.47. The lowest BCUT2D eigenvalue weighted by molar-refractivity contribution is -0.121. The molecule has 0 spiro atoms. The average molecular weight is 458 g/mol. The van der Waals surface area contributed by atoms with E-state index in [-0.39, 0.29) is 43.3 Å². The number of carbonyl (C=O) groups is 3. The van der Waals surface area contributed by atoms with Crippen molar-refractivity contribution in [3.8, 4) is 0 Å². The van der Waals surface area contributed by atoms with Crippen LogP contribution >= 0.6 is 11.6 Å². The molecule has 1 fully saturated rings. The highest BCUT2D eigenvalue weighted by molar-refractivity contribution is 6.31. The van der Waals surface area contributed by atoms with Gasteiger partial charge in [-0.05, 0) is 57.1 Å². The fourth-order valence-electron chi connectivity index (χ4n) is 4.42. The van der Waals surface area contributed by atoms with E-state index >= 15 is 0 Å². The van der Waals surface area contributed by atoms with Gasteiger partial charge in [0.1, 0.15) is 5.82 Å². The van der Waals surface area contributed by atoms with E-state index in [4.69, 9.17) is 11.6 Å². The average Bonchev–Trinajstić information content (AvgIpc) is 3.36. The Morgan fingerprint density at radius 3 is 2.56 bits per heavy atom. The molecule has 2 aromatic carbocycles. The zero-order valence-electron chi connectivity index (χ0n) is 17.9. The monoisotopic (exact) mass is 457 g/mol. The lowest BCUT2D eigenvalue weighted by atomic mass is 10.0. The number of hydrogen-bond acceptors (Lipinski definition) is 4. The van der Waals surface area contributed by atoms with Crippen molar-refractivity contribution in [3.63, 3.8) is 0 Å². The number of likely N-dealkylation sites (tertiary alicyclic amines) is 1. The first-order valence-corrected chi connectivity index (χ1v) is 11.2. The molecule has 0 aromatic heterocycles. The van der Waals surface area contributed by atoms with Crippen LogP contribution in [0, 0.1) is 12.7 Å². The number of aryl methyl sites for hydroxylation is 1. The molecule has 1 saturated heterocycles. The molecule has 2 aliphatic heterocycles. The normalized spacial score (nSPS) is 17.0. The van der Waals surface area contributed by atoms with Gasteiger partial charge in [-0.3, -0.25) is 24.2 Å². The molecule has 1 N–H and O–H groups in total. The Hall–Kier alpha value is -2.77. The number of fused-ring (bicyclic) bond motifs is 1. The summed E-state index contributed by atoms with van der Waals surface area (Å²) in [5.41, 5.74) is 2.01. The van der Waals surface area contributed by atoms with Crippen molar-refractivity contribution in [1.82, 2.24) is 15.1 Å². The second kappa shape index (κ2) is 9.38. The van der Waals surface area contributed by atoms with Crippen molar-refractivity contribution < 1.29 is 18.8 Å². The number of nitrogens with zero attached hydrogens (tertiary/aromatic N) is 2. The van der Waals surface area contributed by atoms with Crippen molar-refractivity contribution >= 4 is 29.3 Å². The molecule has 0 aliphatic carbocycles. The highest BCUT2D eigenvalue weighted by Gasteiger charge is 2.35. The van der Waals surface area contributed by atoms with Gasteiger partial charge >= 0.3 is 0 Å². The third-order valence-corrected chi connectivity index (χ3v) is 6.43. The zero-order valence-corrected chi connectivity index (χ0v) is 18.6. The Balaban J connectivity index is 1.39. The smallest absolute Gasteiger partial charge is 0.261 e. The fourth-order valence-corrected chi connectivity index (χ4v) is 4.70. The largest absolute Gasteiger partial charge is 0.354 e. The van der Waals surface area contributed by atoms with E-state index in [0.29, 0.717) is 21.7 Å². The van der Waals surface area contributed by atoms with Gasteiger partial charge in [-0.25, -0.2) is 4.39 Å². The van der Waals surface area contributed by atoms with Gasteiger partial charge in [-0.15, -0.1) is 0 Å². The minimum atomic E-state index is -0.398. The number of imide groups is 1. The van der Waals surface area contributed by atoms with Crippen LogP contribution in [0.1, 0.15) is 57.1 Å². The minimum absolute atomic E-state index is 0.00787. The number of halogens is 2. The summed E-state index contributed by atoms with van der Waals surface area (Å²) in [6, 6.07) is 9.32. The topological polar surface area (TPSA) is 69.7 Å². The number of rotatable bonds is 7. The van der Waals surface area contributed by atoms with Crippen LogP contribution in [-0.2, 0) is 4.79 Å². The molecule has 1 unspecified atom stereocenters. The summed E-state index contributed by atoms with van der Waals surface area (Å²) in [5, 5.41) is 3.17. The first-order chi connectivity index (χ1) is 15.4. The van der Waals surface area contributed by atoms with E-state index in [2.05, 4.69) is 10.2 Å². The first-order valence-electron chi connectivity index (χ1n) is 10.8. The highest BCUT2D eigenvalue weighted by Crippen LogP contribution is 2.32. The Morgan fingerprint density at radius 2 is 1.84 bits per heavy atom. The van der Waals surface area contributed by atoms with Gasteiger partial charge in [0.2, 0.25) is 5.91 Å². The van der Waals surface area contributed by atoms with Crippen molar-refractivity contribution in [1.29, 1.82) is 0 Å². The van der Waals surface area contributed by atoms with Gasteiger partial charge in [-0.1, -0.05) is 29.3 Å². The number of hydrogen-bond donors (Lipinski definition) is 1. The predicted molar refractivity (Wildman–Crippen MR) is 119 cm³/mol. The van der Waals surface area contributed by atoms with Gasteiger partial charge in [-0.2, -0.15) is 0 Å². The van der Waals surface area contributed by atoms with Crippen LogP contribution in [0.4, 0.5) is 4.39 Å². The summed E-state index contributed by atoms with van der Waals surface area (Å²) in [7, 11) is 0. The van der Waals surface area contributed by atoms with Crippen LogP contribution in [0.15, 0.2) is 36.4 Å². The van der Waals surface area contributed by atoms with Crippen LogP contribution < -0.4 is 5.32 Å². The SMILES string of the molecule is Cc1ccc2c(c1)C(=O)N(CCC(=O)NCC(c1c(F)cccc1Cl)N1CCCC1)C2=O. The van der Waals surface area contributed by atoms with E-state index in [0.717, 1.165) is 36.4 Å². The molecular formula is C24H25ClFN3O3. The van der Waals surface area contributed by atoms with E-state index in [9.17, 15) is 18.8 Å². The molecule has 0 radical (unpaired) electrons. The predicted octanol–water partition coefficient (Wildman–Crippen LogP) is 3.73. The van der Waals surface area contributed by atoms with Gasteiger partial charge in [0, 0.05) is 30.1 Å².